The molecule has 0 atom stereocenters. The predicted molar refractivity (Wildman–Crippen MR) is 76.5 cm³/mol. The Kier molecular flexibility index (Phi) is 5.90. The Bertz CT molecular complexity index is 379. The van der Waals surface area contributed by atoms with Gasteiger partial charge in [0, 0.05) is 16.0 Å². The van der Waals surface area contributed by atoms with Crippen molar-refractivity contribution in [3.63, 3.8) is 0 Å². The number of halogens is 1. The third-order valence-corrected chi connectivity index (χ3v) is 3.98. The summed E-state index contributed by atoms with van der Waals surface area (Å²) < 4.78 is 1.07. The maximum atomic E-state index is 12.4. The maximum absolute atomic E-state index is 12.4. The first-order valence-corrected chi connectivity index (χ1v) is 7.19. The molecule has 17 heavy (non-hydrogen) atoms. The van der Waals surface area contributed by atoms with Crippen LogP contribution in [0.4, 0.5) is 0 Å². The SMILES string of the molecule is CCCC(CCC)C(=O)c1ccc(Br)c(C)c1. The summed E-state index contributed by atoms with van der Waals surface area (Å²) in [7, 11) is 0. The molecule has 0 unspecified atom stereocenters. The minimum Gasteiger partial charge on any atom is -0.294 e. The van der Waals surface area contributed by atoms with Gasteiger partial charge in [0.15, 0.2) is 5.78 Å². The molecule has 0 spiro atoms. The van der Waals surface area contributed by atoms with E-state index in [0.29, 0.717) is 5.78 Å². The van der Waals surface area contributed by atoms with Gasteiger partial charge < -0.3 is 0 Å². The lowest BCUT2D eigenvalue weighted by molar-refractivity contribution is 0.0905. The summed E-state index contributed by atoms with van der Waals surface area (Å²) in [4.78, 5) is 12.4. The van der Waals surface area contributed by atoms with E-state index in [1.807, 2.05) is 25.1 Å². The van der Waals surface area contributed by atoms with Crippen molar-refractivity contribution < 1.29 is 4.79 Å². The number of carbonyl (C=O) groups is 1. The molecule has 0 radical (unpaired) electrons. The molecule has 0 aliphatic rings. The van der Waals surface area contributed by atoms with Crippen LogP contribution in [0.5, 0.6) is 0 Å². The molecule has 0 fully saturated rings. The van der Waals surface area contributed by atoms with E-state index in [1.165, 1.54) is 0 Å². The molecule has 0 saturated heterocycles. The minimum atomic E-state index is 0.200. The lowest BCUT2D eigenvalue weighted by Gasteiger charge is -2.14. The van der Waals surface area contributed by atoms with Gasteiger partial charge in [0.1, 0.15) is 0 Å². The average molecular weight is 297 g/mol. The van der Waals surface area contributed by atoms with Gasteiger partial charge in [-0.25, -0.2) is 0 Å². The molecule has 0 heterocycles. The van der Waals surface area contributed by atoms with E-state index in [4.69, 9.17) is 0 Å². The first kappa shape index (κ1) is 14.4. The smallest absolute Gasteiger partial charge is 0.165 e. The largest absolute Gasteiger partial charge is 0.294 e. The van der Waals surface area contributed by atoms with Gasteiger partial charge in [-0.05, 0) is 37.5 Å². The maximum Gasteiger partial charge on any atom is 0.165 e. The number of carbonyl (C=O) groups excluding carboxylic acids is 1. The molecule has 2 heteroatoms. The number of rotatable bonds is 6. The van der Waals surface area contributed by atoms with Crippen molar-refractivity contribution in [3.8, 4) is 0 Å². The van der Waals surface area contributed by atoms with Gasteiger partial charge in [-0.1, -0.05) is 48.7 Å². The number of benzene rings is 1. The van der Waals surface area contributed by atoms with Gasteiger partial charge in [0.2, 0.25) is 0 Å². The van der Waals surface area contributed by atoms with Gasteiger partial charge >= 0.3 is 0 Å². The Morgan fingerprint density at radius 2 is 1.82 bits per heavy atom. The molecule has 0 aliphatic heterocycles. The van der Waals surface area contributed by atoms with Gasteiger partial charge in [0.25, 0.3) is 0 Å². The summed E-state index contributed by atoms with van der Waals surface area (Å²) in [6, 6.07) is 5.89. The number of hydrogen-bond donors (Lipinski definition) is 0. The van der Waals surface area contributed by atoms with Crippen LogP contribution in [-0.4, -0.2) is 5.78 Å². The molecular formula is C15H21BrO. The van der Waals surface area contributed by atoms with Crippen LogP contribution < -0.4 is 0 Å². The molecule has 0 N–H and O–H groups in total. The Hall–Kier alpha value is -0.630. The predicted octanol–water partition coefficient (Wildman–Crippen LogP) is 5.16. The topological polar surface area (TPSA) is 17.1 Å². The quantitative estimate of drug-likeness (QED) is 0.663. The second-order valence-corrected chi connectivity index (χ2v) is 5.46. The first-order valence-electron chi connectivity index (χ1n) is 6.40. The summed E-state index contributed by atoms with van der Waals surface area (Å²) in [5, 5.41) is 0. The first-order chi connectivity index (χ1) is 8.10. The van der Waals surface area contributed by atoms with Crippen molar-refractivity contribution in [2.75, 3.05) is 0 Å². The molecule has 1 rings (SSSR count). The van der Waals surface area contributed by atoms with E-state index in [-0.39, 0.29) is 5.92 Å². The Labute approximate surface area is 113 Å². The zero-order chi connectivity index (χ0) is 12.8. The second-order valence-electron chi connectivity index (χ2n) is 4.60. The standard InChI is InChI=1S/C15H21BrO/c1-4-6-12(7-5-2)15(17)13-8-9-14(16)11(3)10-13/h8-10,12H,4-7H2,1-3H3. The van der Waals surface area contributed by atoms with E-state index >= 15 is 0 Å². The highest BCUT2D eigenvalue weighted by Gasteiger charge is 2.18. The molecule has 94 valence electrons. The number of Topliss-reactive ketones (excluding diaryl/α,β-unsaturated/α-hetero) is 1. The summed E-state index contributed by atoms with van der Waals surface area (Å²) in [5.41, 5.74) is 1.99. The van der Waals surface area contributed by atoms with E-state index in [9.17, 15) is 4.79 Å². The highest BCUT2D eigenvalue weighted by molar-refractivity contribution is 9.10. The number of aryl methyl sites for hydroxylation is 1. The lowest BCUT2D eigenvalue weighted by atomic mass is 9.89. The van der Waals surface area contributed by atoms with E-state index in [2.05, 4.69) is 29.8 Å². The highest BCUT2D eigenvalue weighted by Crippen LogP contribution is 2.23. The van der Waals surface area contributed by atoms with Crippen LogP contribution in [0.25, 0.3) is 0 Å². The van der Waals surface area contributed by atoms with E-state index < -0.39 is 0 Å². The lowest BCUT2D eigenvalue weighted by Crippen LogP contribution is -2.14. The summed E-state index contributed by atoms with van der Waals surface area (Å²) >= 11 is 3.47. The van der Waals surface area contributed by atoms with Crippen LogP contribution in [0.2, 0.25) is 0 Å². The van der Waals surface area contributed by atoms with Crippen LogP contribution >= 0.6 is 15.9 Å². The molecule has 0 aliphatic carbocycles. The van der Waals surface area contributed by atoms with Crippen molar-refractivity contribution in [2.45, 2.75) is 46.5 Å². The molecule has 1 nitrogen and oxygen atoms in total. The third-order valence-electron chi connectivity index (χ3n) is 3.09. The van der Waals surface area contributed by atoms with Crippen molar-refractivity contribution in [2.24, 2.45) is 5.92 Å². The van der Waals surface area contributed by atoms with E-state index in [0.717, 1.165) is 41.3 Å². The van der Waals surface area contributed by atoms with Crippen LogP contribution in [0, 0.1) is 12.8 Å². The zero-order valence-corrected chi connectivity index (χ0v) is 12.5. The van der Waals surface area contributed by atoms with Crippen molar-refractivity contribution in [1.29, 1.82) is 0 Å². The van der Waals surface area contributed by atoms with Crippen LogP contribution in [0.3, 0.4) is 0 Å². The summed E-state index contributed by atoms with van der Waals surface area (Å²) in [6.45, 7) is 6.31. The molecule has 0 bridgehead atoms. The Balaban J connectivity index is 2.88. The highest BCUT2D eigenvalue weighted by atomic mass is 79.9. The van der Waals surface area contributed by atoms with Crippen molar-refractivity contribution >= 4 is 21.7 Å². The normalized spacial score (nSPS) is 10.9. The van der Waals surface area contributed by atoms with Crippen molar-refractivity contribution in [3.05, 3.63) is 33.8 Å². The summed E-state index contributed by atoms with van der Waals surface area (Å²) in [6.07, 6.45) is 4.15. The minimum absolute atomic E-state index is 0.200. The van der Waals surface area contributed by atoms with Crippen LogP contribution in [0.1, 0.15) is 55.5 Å². The third kappa shape index (κ3) is 3.95. The molecule has 1 aromatic carbocycles. The fourth-order valence-electron chi connectivity index (χ4n) is 2.14. The number of ketones is 1. The van der Waals surface area contributed by atoms with Gasteiger partial charge in [-0.15, -0.1) is 0 Å². The second kappa shape index (κ2) is 6.95. The monoisotopic (exact) mass is 296 g/mol. The van der Waals surface area contributed by atoms with Gasteiger partial charge in [-0.3, -0.25) is 4.79 Å². The van der Waals surface area contributed by atoms with Crippen LogP contribution in [-0.2, 0) is 0 Å². The molecule has 0 amide bonds. The molecule has 0 aromatic heterocycles. The Morgan fingerprint density at radius 1 is 1.24 bits per heavy atom. The van der Waals surface area contributed by atoms with Gasteiger partial charge in [0.05, 0.1) is 0 Å². The van der Waals surface area contributed by atoms with Crippen LogP contribution in [0.15, 0.2) is 22.7 Å². The summed E-state index contributed by atoms with van der Waals surface area (Å²) in [5.74, 6) is 0.509. The molecule has 1 aromatic rings. The fourth-order valence-corrected chi connectivity index (χ4v) is 2.38. The number of hydrogen-bond acceptors (Lipinski definition) is 1. The molecular weight excluding hydrogens is 276 g/mol. The van der Waals surface area contributed by atoms with E-state index in [1.54, 1.807) is 0 Å². The van der Waals surface area contributed by atoms with Gasteiger partial charge in [-0.2, -0.15) is 0 Å². The molecule has 0 saturated carbocycles. The van der Waals surface area contributed by atoms with Crippen molar-refractivity contribution in [1.82, 2.24) is 0 Å². The fraction of sp³-hybridized carbons (Fsp3) is 0.533. The Morgan fingerprint density at radius 3 is 2.29 bits per heavy atom. The zero-order valence-electron chi connectivity index (χ0n) is 10.9. The average Bonchev–Trinajstić information content (AvgIpc) is 2.31.